The van der Waals surface area contributed by atoms with Gasteiger partial charge in [0.15, 0.2) is 6.23 Å². The molecule has 0 saturated carbocycles. The van der Waals surface area contributed by atoms with Gasteiger partial charge in [0.2, 0.25) is 5.78 Å². The Morgan fingerprint density at radius 2 is 2.00 bits per heavy atom. The maximum atomic E-state index is 13.5. The smallest absolute Gasteiger partial charge is 0.371 e. The Hall–Kier alpha value is -3.23. The summed E-state index contributed by atoms with van der Waals surface area (Å²) in [6.07, 6.45) is -5.70. The second-order valence-electron chi connectivity index (χ2n) is 7.10. The lowest BCUT2D eigenvalue weighted by molar-refractivity contribution is -0.156. The summed E-state index contributed by atoms with van der Waals surface area (Å²) in [7, 11) is 0. The molecule has 11 heteroatoms. The van der Waals surface area contributed by atoms with Gasteiger partial charge in [0.25, 0.3) is 5.91 Å². The molecule has 3 rings (SSSR count). The predicted molar refractivity (Wildman–Crippen MR) is 101 cm³/mol. The number of nitrogens with one attached hydrogen (secondary N) is 2. The Bertz CT molecular complexity index is 1070. The van der Waals surface area contributed by atoms with E-state index in [1.807, 2.05) is 0 Å². The van der Waals surface area contributed by atoms with Crippen molar-refractivity contribution in [3.63, 3.8) is 0 Å². The summed E-state index contributed by atoms with van der Waals surface area (Å²) in [5, 5.41) is 23.2. The van der Waals surface area contributed by atoms with E-state index in [1.165, 1.54) is 16.7 Å². The number of anilines is 1. The first-order valence-corrected chi connectivity index (χ1v) is 9.31. The molecule has 0 radical (unpaired) electrons. The van der Waals surface area contributed by atoms with Crippen molar-refractivity contribution in [1.82, 2.24) is 9.88 Å². The number of alkyl halides is 3. The molecule has 0 spiro atoms. The number of fused-ring (bicyclic) bond motifs is 1. The topological polar surface area (TPSA) is 107 Å². The number of rotatable bonds is 6. The fourth-order valence-corrected chi connectivity index (χ4v) is 3.35. The van der Waals surface area contributed by atoms with Crippen molar-refractivity contribution >= 4 is 17.4 Å². The number of nitrogens with zero attached hydrogens (tertiary/aromatic N) is 2. The summed E-state index contributed by atoms with van der Waals surface area (Å²) < 4.78 is 53.1. The Morgan fingerprint density at radius 3 is 2.65 bits per heavy atom. The monoisotopic (exact) mass is 438 g/mol. The van der Waals surface area contributed by atoms with Crippen LogP contribution in [0.4, 0.5) is 23.2 Å². The number of hydrogen-bond donors (Lipinski definition) is 3. The van der Waals surface area contributed by atoms with Crippen molar-refractivity contribution in [2.75, 3.05) is 5.32 Å². The minimum Gasteiger partial charge on any atom is -0.371 e. The van der Waals surface area contributed by atoms with E-state index >= 15 is 0 Å². The molecule has 7 nitrogen and oxygen atoms in total. The van der Waals surface area contributed by atoms with Crippen molar-refractivity contribution in [2.24, 2.45) is 0 Å². The number of nitriles is 1. The van der Waals surface area contributed by atoms with E-state index < -0.39 is 36.0 Å². The third-order valence-electron chi connectivity index (χ3n) is 4.99. The number of amides is 1. The van der Waals surface area contributed by atoms with Crippen molar-refractivity contribution in [1.29, 1.82) is 5.26 Å². The molecule has 0 saturated heterocycles. The molecule has 0 fully saturated rings. The average molecular weight is 438 g/mol. The molecule has 1 unspecified atom stereocenters. The zero-order chi connectivity index (χ0) is 22.9. The molecule has 2 aromatic rings. The van der Waals surface area contributed by atoms with Crippen LogP contribution in [-0.2, 0) is 13.0 Å². The van der Waals surface area contributed by atoms with Crippen LogP contribution in [0.3, 0.4) is 0 Å². The highest BCUT2D eigenvalue weighted by Crippen LogP contribution is 2.27. The fourth-order valence-electron chi connectivity index (χ4n) is 3.35. The van der Waals surface area contributed by atoms with Gasteiger partial charge in [0.05, 0.1) is 16.8 Å². The van der Waals surface area contributed by atoms with Gasteiger partial charge in [0.1, 0.15) is 17.9 Å². The summed E-state index contributed by atoms with van der Waals surface area (Å²) in [5.41, 5.74) is 0.418. The second-order valence-corrected chi connectivity index (χ2v) is 7.10. The van der Waals surface area contributed by atoms with Crippen LogP contribution in [0.25, 0.3) is 0 Å². The normalized spacial score (nSPS) is 15.1. The van der Waals surface area contributed by atoms with Gasteiger partial charge >= 0.3 is 6.18 Å². The number of carbonyl (C=O) groups excluding carboxylic acids is 2. The molecule has 164 valence electrons. The lowest BCUT2D eigenvalue weighted by atomic mass is 10.1. The van der Waals surface area contributed by atoms with Crippen LogP contribution in [0.5, 0.6) is 0 Å². The van der Waals surface area contributed by atoms with Gasteiger partial charge in [-0.15, -0.1) is 0 Å². The van der Waals surface area contributed by atoms with E-state index in [9.17, 15) is 32.3 Å². The van der Waals surface area contributed by atoms with Crippen LogP contribution in [0.1, 0.15) is 45.4 Å². The highest BCUT2D eigenvalue weighted by Gasteiger charge is 2.39. The first-order chi connectivity index (χ1) is 14.5. The molecular formula is C20H18F4N4O3. The van der Waals surface area contributed by atoms with Crippen LogP contribution >= 0.6 is 0 Å². The molecule has 1 aromatic heterocycles. The minimum absolute atomic E-state index is 0.0937. The predicted octanol–water partition coefficient (Wildman–Crippen LogP) is 2.74. The lowest BCUT2D eigenvalue weighted by Gasteiger charge is -2.20. The summed E-state index contributed by atoms with van der Waals surface area (Å²) in [5.74, 6) is -2.37. The van der Waals surface area contributed by atoms with E-state index in [-0.39, 0.29) is 22.5 Å². The number of aromatic nitrogens is 1. The van der Waals surface area contributed by atoms with Crippen LogP contribution in [0, 0.1) is 17.1 Å². The first kappa shape index (κ1) is 22.5. The summed E-state index contributed by atoms with van der Waals surface area (Å²) in [4.78, 5) is 25.3. The van der Waals surface area contributed by atoms with Gasteiger partial charge in [-0.2, -0.15) is 18.4 Å². The minimum atomic E-state index is -4.65. The number of Topliss-reactive ketones (excluding diaryl/α,β-unsaturated/α-hetero) is 1. The maximum absolute atomic E-state index is 13.5. The third kappa shape index (κ3) is 4.60. The number of aliphatic hydroxyl groups is 1. The third-order valence-corrected chi connectivity index (χ3v) is 4.99. The standard InChI is InChI=1S/C20H18F4N4O3/c1-10(20(22,23)24)26-19(31)17(29)16-8-13(15-3-2-6-28(15)16)18(30)27-12-4-5-14(21)11(7-12)9-25/h4-5,7-8,10,19,26,31H,2-3,6H2,1H3,(H,27,30)/t10-,19?/m0/s1. The Labute approximate surface area is 174 Å². The molecule has 31 heavy (non-hydrogen) atoms. The average Bonchev–Trinajstić information content (AvgIpc) is 3.30. The zero-order valence-corrected chi connectivity index (χ0v) is 16.3. The number of aliphatic hydroxyl groups excluding tert-OH is 1. The first-order valence-electron chi connectivity index (χ1n) is 9.31. The molecular weight excluding hydrogens is 420 g/mol. The fraction of sp³-hybridized carbons (Fsp3) is 0.350. The number of benzene rings is 1. The molecule has 2 atom stereocenters. The van der Waals surface area contributed by atoms with E-state index in [0.29, 0.717) is 25.1 Å². The van der Waals surface area contributed by atoms with Gasteiger partial charge in [-0.25, -0.2) is 4.39 Å². The van der Waals surface area contributed by atoms with Crippen LogP contribution in [0.2, 0.25) is 0 Å². The van der Waals surface area contributed by atoms with E-state index in [1.54, 1.807) is 11.4 Å². The van der Waals surface area contributed by atoms with Gasteiger partial charge < -0.3 is 15.0 Å². The van der Waals surface area contributed by atoms with Crippen molar-refractivity contribution in [3.05, 3.63) is 52.6 Å². The number of carbonyl (C=O) groups is 2. The highest BCUT2D eigenvalue weighted by atomic mass is 19.4. The quantitative estimate of drug-likeness (QED) is 0.365. The van der Waals surface area contributed by atoms with Gasteiger partial charge in [-0.05, 0) is 44.0 Å². The van der Waals surface area contributed by atoms with Gasteiger partial charge in [-0.1, -0.05) is 0 Å². The number of ketones is 1. The molecule has 1 aliphatic heterocycles. The highest BCUT2D eigenvalue weighted by molar-refractivity contribution is 6.08. The van der Waals surface area contributed by atoms with Crippen LogP contribution < -0.4 is 10.6 Å². The second kappa shape index (κ2) is 8.49. The van der Waals surface area contributed by atoms with Gasteiger partial charge in [0, 0.05) is 17.9 Å². The van der Waals surface area contributed by atoms with E-state index in [4.69, 9.17) is 5.26 Å². The molecule has 0 bridgehead atoms. The van der Waals surface area contributed by atoms with Crippen molar-refractivity contribution in [2.45, 2.75) is 44.8 Å². The SMILES string of the molecule is C[C@H](NC(O)C(=O)c1cc(C(=O)Nc2ccc(F)c(C#N)c2)c2n1CCC2)C(F)(F)F. The summed E-state index contributed by atoms with van der Waals surface area (Å²) in [6.45, 7) is 1.14. The Kier molecular flexibility index (Phi) is 6.15. The molecule has 1 amide bonds. The maximum Gasteiger partial charge on any atom is 0.403 e. The molecule has 1 aliphatic rings. The van der Waals surface area contributed by atoms with Gasteiger partial charge in [-0.3, -0.25) is 14.9 Å². The Morgan fingerprint density at radius 1 is 1.29 bits per heavy atom. The summed E-state index contributed by atoms with van der Waals surface area (Å²) in [6, 6.07) is 4.20. The summed E-state index contributed by atoms with van der Waals surface area (Å²) >= 11 is 0. The van der Waals surface area contributed by atoms with E-state index in [2.05, 4.69) is 5.32 Å². The molecule has 2 heterocycles. The largest absolute Gasteiger partial charge is 0.403 e. The Balaban J connectivity index is 1.84. The zero-order valence-electron chi connectivity index (χ0n) is 16.3. The molecule has 0 aliphatic carbocycles. The number of hydrogen-bond acceptors (Lipinski definition) is 5. The van der Waals surface area contributed by atoms with Crippen molar-refractivity contribution < 1.29 is 32.3 Å². The molecule has 3 N–H and O–H groups in total. The van der Waals surface area contributed by atoms with E-state index in [0.717, 1.165) is 19.1 Å². The molecule has 1 aromatic carbocycles. The van der Waals surface area contributed by atoms with Crippen molar-refractivity contribution in [3.8, 4) is 6.07 Å². The van der Waals surface area contributed by atoms with Crippen LogP contribution in [-0.4, -0.2) is 39.8 Å². The van der Waals surface area contributed by atoms with Crippen LogP contribution in [0.15, 0.2) is 24.3 Å². The lowest BCUT2D eigenvalue weighted by Crippen LogP contribution is -2.48. The number of halogens is 4.